The minimum Gasteiger partial charge on any atom is -0.395 e. The van der Waals surface area contributed by atoms with Gasteiger partial charge in [0, 0.05) is 14.1 Å². The predicted molar refractivity (Wildman–Crippen MR) is 46.5 cm³/mol. The number of rotatable bonds is 3. The lowest BCUT2D eigenvalue weighted by molar-refractivity contribution is -0.402. The Balaban J connectivity index is 2.76. The van der Waals surface area contributed by atoms with E-state index in [1.165, 1.54) is 11.1 Å². The average molecular weight is 199 g/mol. The molecule has 0 aliphatic heterocycles. The van der Waals surface area contributed by atoms with Crippen LogP contribution in [0.4, 0.5) is 5.88 Å². The molecular weight excluding hydrogens is 190 g/mol. The van der Waals surface area contributed by atoms with Crippen LogP contribution in [0.25, 0.3) is 0 Å². The Labute approximate surface area is 79.4 Å². The minimum absolute atomic E-state index is 0.0922. The number of nitrogens with zero attached hydrogens (tertiary/aromatic N) is 2. The SMILES string of the molecule is CN(C)NC(=O)c1ccc([N+](=O)[O-])o1. The van der Waals surface area contributed by atoms with E-state index in [0.29, 0.717) is 0 Å². The van der Waals surface area contributed by atoms with Crippen molar-refractivity contribution in [2.24, 2.45) is 0 Å². The van der Waals surface area contributed by atoms with Crippen LogP contribution in [0.3, 0.4) is 0 Å². The molecule has 7 nitrogen and oxygen atoms in total. The molecule has 1 amide bonds. The van der Waals surface area contributed by atoms with E-state index >= 15 is 0 Å². The van der Waals surface area contributed by atoms with Gasteiger partial charge in [-0.15, -0.1) is 0 Å². The lowest BCUT2D eigenvalue weighted by Gasteiger charge is -2.09. The van der Waals surface area contributed by atoms with Crippen LogP contribution in [0.2, 0.25) is 0 Å². The molecule has 1 aromatic rings. The Kier molecular flexibility index (Phi) is 2.82. The number of carbonyl (C=O) groups excluding carboxylic acids is 1. The maximum Gasteiger partial charge on any atom is 0.433 e. The fourth-order valence-corrected chi connectivity index (χ4v) is 0.806. The smallest absolute Gasteiger partial charge is 0.395 e. The quantitative estimate of drug-likeness (QED) is 0.562. The molecule has 14 heavy (non-hydrogen) atoms. The van der Waals surface area contributed by atoms with Crippen LogP contribution in [-0.2, 0) is 0 Å². The Morgan fingerprint density at radius 2 is 2.21 bits per heavy atom. The van der Waals surface area contributed by atoms with E-state index < -0.39 is 16.7 Å². The predicted octanol–water partition coefficient (Wildman–Crippen LogP) is 0.394. The van der Waals surface area contributed by atoms with Gasteiger partial charge in [-0.3, -0.25) is 20.3 Å². The summed E-state index contributed by atoms with van der Waals surface area (Å²) in [6.07, 6.45) is 0. The summed E-state index contributed by atoms with van der Waals surface area (Å²) in [5.74, 6) is -1.07. The van der Waals surface area contributed by atoms with Crippen LogP contribution in [-0.4, -0.2) is 29.9 Å². The highest BCUT2D eigenvalue weighted by molar-refractivity contribution is 5.91. The van der Waals surface area contributed by atoms with Gasteiger partial charge in [-0.1, -0.05) is 0 Å². The lowest BCUT2D eigenvalue weighted by atomic mass is 10.4. The summed E-state index contributed by atoms with van der Waals surface area (Å²) >= 11 is 0. The second-order valence-electron chi connectivity index (χ2n) is 2.73. The molecule has 0 fully saturated rings. The van der Waals surface area contributed by atoms with Crippen molar-refractivity contribution < 1.29 is 14.1 Å². The topological polar surface area (TPSA) is 88.6 Å². The first-order valence-corrected chi connectivity index (χ1v) is 3.73. The van der Waals surface area contributed by atoms with Crippen LogP contribution in [0.1, 0.15) is 10.6 Å². The molecule has 0 saturated carbocycles. The van der Waals surface area contributed by atoms with Crippen molar-refractivity contribution in [3.05, 3.63) is 28.0 Å². The highest BCUT2D eigenvalue weighted by Gasteiger charge is 2.17. The molecule has 1 aromatic heterocycles. The lowest BCUT2D eigenvalue weighted by Crippen LogP contribution is -2.35. The van der Waals surface area contributed by atoms with E-state index in [1.807, 2.05) is 0 Å². The van der Waals surface area contributed by atoms with Crippen LogP contribution >= 0.6 is 0 Å². The Morgan fingerprint density at radius 1 is 1.57 bits per heavy atom. The van der Waals surface area contributed by atoms with Crippen molar-refractivity contribution in [1.29, 1.82) is 0 Å². The number of nitro groups is 1. The average Bonchev–Trinajstić information content (AvgIpc) is 2.50. The largest absolute Gasteiger partial charge is 0.433 e. The number of carbonyl (C=O) groups is 1. The van der Waals surface area contributed by atoms with Gasteiger partial charge in [0.25, 0.3) is 0 Å². The first kappa shape index (κ1) is 10.2. The molecular formula is C7H9N3O4. The Bertz CT molecular complexity index is 358. The summed E-state index contributed by atoms with van der Waals surface area (Å²) in [5.41, 5.74) is 2.39. The van der Waals surface area contributed by atoms with Gasteiger partial charge in [0.1, 0.15) is 4.92 Å². The molecule has 0 radical (unpaired) electrons. The Morgan fingerprint density at radius 3 is 2.64 bits per heavy atom. The van der Waals surface area contributed by atoms with Gasteiger partial charge >= 0.3 is 11.8 Å². The van der Waals surface area contributed by atoms with Crippen molar-refractivity contribution in [3.8, 4) is 0 Å². The number of furan rings is 1. The molecule has 1 heterocycles. The van der Waals surface area contributed by atoms with Gasteiger partial charge in [0.05, 0.1) is 6.07 Å². The molecule has 0 aliphatic carbocycles. The van der Waals surface area contributed by atoms with Crippen molar-refractivity contribution in [1.82, 2.24) is 10.4 Å². The molecule has 1 rings (SSSR count). The maximum absolute atomic E-state index is 11.2. The van der Waals surface area contributed by atoms with Gasteiger partial charge in [-0.2, -0.15) is 0 Å². The molecule has 0 spiro atoms. The zero-order valence-corrected chi connectivity index (χ0v) is 7.68. The van der Waals surface area contributed by atoms with Crippen LogP contribution in [0.15, 0.2) is 16.5 Å². The van der Waals surface area contributed by atoms with Gasteiger partial charge in [-0.25, -0.2) is 5.01 Å². The molecule has 1 N–H and O–H groups in total. The molecule has 0 bridgehead atoms. The zero-order chi connectivity index (χ0) is 10.7. The van der Waals surface area contributed by atoms with Gasteiger partial charge in [0.15, 0.2) is 5.76 Å². The van der Waals surface area contributed by atoms with E-state index in [2.05, 4.69) is 9.84 Å². The Hall–Kier alpha value is -1.89. The standard InChI is InChI=1S/C7H9N3O4/c1-9(2)8-7(11)5-3-4-6(14-5)10(12)13/h3-4H,1-2H3,(H,8,11). The number of hydrogen-bond acceptors (Lipinski definition) is 5. The number of nitrogens with one attached hydrogen (secondary N) is 1. The summed E-state index contributed by atoms with van der Waals surface area (Å²) in [6.45, 7) is 0. The summed E-state index contributed by atoms with van der Waals surface area (Å²) < 4.78 is 4.67. The molecule has 0 unspecified atom stereocenters. The second kappa shape index (κ2) is 3.88. The fourth-order valence-electron chi connectivity index (χ4n) is 0.806. The second-order valence-corrected chi connectivity index (χ2v) is 2.73. The molecule has 0 aromatic carbocycles. The van der Waals surface area contributed by atoms with E-state index in [4.69, 9.17) is 0 Å². The zero-order valence-electron chi connectivity index (χ0n) is 7.68. The third-order valence-corrected chi connectivity index (χ3v) is 1.32. The van der Waals surface area contributed by atoms with Crippen molar-refractivity contribution in [3.63, 3.8) is 0 Å². The van der Waals surface area contributed by atoms with Crippen molar-refractivity contribution in [2.45, 2.75) is 0 Å². The van der Waals surface area contributed by atoms with E-state index in [1.54, 1.807) is 14.1 Å². The highest BCUT2D eigenvalue weighted by Crippen LogP contribution is 2.15. The number of amides is 1. The van der Waals surface area contributed by atoms with Crippen LogP contribution in [0, 0.1) is 10.1 Å². The number of hydrogen-bond donors (Lipinski definition) is 1. The molecule has 0 atom stereocenters. The van der Waals surface area contributed by atoms with Gasteiger partial charge in [-0.05, 0) is 6.07 Å². The van der Waals surface area contributed by atoms with E-state index in [9.17, 15) is 14.9 Å². The fraction of sp³-hybridized carbons (Fsp3) is 0.286. The third-order valence-electron chi connectivity index (χ3n) is 1.32. The van der Waals surface area contributed by atoms with E-state index in [0.717, 1.165) is 6.07 Å². The molecule has 0 saturated heterocycles. The minimum atomic E-state index is -0.702. The summed E-state index contributed by atoms with van der Waals surface area (Å²) in [4.78, 5) is 20.7. The first-order valence-electron chi connectivity index (χ1n) is 3.73. The summed E-state index contributed by atoms with van der Waals surface area (Å²) in [6, 6.07) is 2.38. The molecule has 0 aliphatic rings. The summed E-state index contributed by atoms with van der Waals surface area (Å²) in [5, 5.41) is 11.6. The van der Waals surface area contributed by atoms with Crippen LogP contribution in [0.5, 0.6) is 0 Å². The summed E-state index contributed by atoms with van der Waals surface area (Å²) in [7, 11) is 3.24. The van der Waals surface area contributed by atoms with Gasteiger partial charge < -0.3 is 4.42 Å². The van der Waals surface area contributed by atoms with Crippen LogP contribution < -0.4 is 5.43 Å². The number of hydrazine groups is 1. The van der Waals surface area contributed by atoms with Gasteiger partial charge in [0.2, 0.25) is 0 Å². The highest BCUT2D eigenvalue weighted by atomic mass is 16.6. The van der Waals surface area contributed by atoms with Crippen molar-refractivity contribution in [2.75, 3.05) is 14.1 Å². The molecule has 7 heteroatoms. The maximum atomic E-state index is 11.2. The third kappa shape index (κ3) is 2.30. The normalized spacial score (nSPS) is 10.2. The monoisotopic (exact) mass is 199 g/mol. The molecule has 76 valence electrons. The van der Waals surface area contributed by atoms with E-state index in [-0.39, 0.29) is 5.76 Å². The van der Waals surface area contributed by atoms with Crippen molar-refractivity contribution >= 4 is 11.8 Å². The first-order chi connectivity index (χ1) is 6.50.